The lowest BCUT2D eigenvalue weighted by atomic mass is 10.1. The van der Waals surface area contributed by atoms with Crippen LogP contribution in [-0.2, 0) is 9.59 Å². The molecule has 0 aliphatic heterocycles. The van der Waals surface area contributed by atoms with Crippen molar-refractivity contribution in [3.8, 4) is 0 Å². The van der Waals surface area contributed by atoms with Gasteiger partial charge in [-0.05, 0) is 34.1 Å². The molecule has 0 saturated carbocycles. The predicted octanol–water partition coefficient (Wildman–Crippen LogP) is 1.09. The molecule has 0 aromatic carbocycles. The van der Waals surface area contributed by atoms with E-state index in [0.29, 0.717) is 0 Å². The van der Waals surface area contributed by atoms with Gasteiger partial charge < -0.3 is 15.3 Å². The van der Waals surface area contributed by atoms with Crippen molar-refractivity contribution in [3.05, 3.63) is 0 Å². The van der Waals surface area contributed by atoms with Gasteiger partial charge in [0.25, 0.3) is 0 Å². The summed E-state index contributed by atoms with van der Waals surface area (Å²) >= 11 is 0. The van der Waals surface area contributed by atoms with Crippen molar-refractivity contribution in [2.45, 2.75) is 52.6 Å². The molecule has 0 aromatic rings. The lowest BCUT2D eigenvalue weighted by Gasteiger charge is -2.34. The first-order valence-electron chi connectivity index (χ1n) is 5.94. The van der Waals surface area contributed by atoms with Gasteiger partial charge in [-0.2, -0.15) is 0 Å². The summed E-state index contributed by atoms with van der Waals surface area (Å²) in [5, 5.41) is 11.9. The van der Waals surface area contributed by atoms with E-state index in [1.165, 1.54) is 4.90 Å². The molecule has 1 amide bonds. The lowest BCUT2D eigenvalue weighted by molar-refractivity contribution is -0.147. The SMILES string of the molecule is CCC(C)NCC(=O)N(CC(=O)O)C(C)(C)C. The number of hydrogen-bond donors (Lipinski definition) is 2. The van der Waals surface area contributed by atoms with Crippen LogP contribution in [0.5, 0.6) is 0 Å². The van der Waals surface area contributed by atoms with Crippen molar-refractivity contribution in [2.24, 2.45) is 0 Å². The zero-order valence-electron chi connectivity index (χ0n) is 11.4. The molecule has 0 spiro atoms. The van der Waals surface area contributed by atoms with Gasteiger partial charge in [0.2, 0.25) is 5.91 Å². The third-order valence-corrected chi connectivity index (χ3v) is 2.62. The summed E-state index contributed by atoms with van der Waals surface area (Å²) in [4.78, 5) is 24.1. The molecular formula is C12H24N2O3. The molecule has 0 heterocycles. The lowest BCUT2D eigenvalue weighted by Crippen LogP contribution is -2.51. The van der Waals surface area contributed by atoms with E-state index in [-0.39, 0.29) is 25.0 Å². The number of aliphatic carboxylic acids is 1. The van der Waals surface area contributed by atoms with Gasteiger partial charge in [-0.1, -0.05) is 6.92 Å². The highest BCUT2D eigenvalue weighted by atomic mass is 16.4. The fraction of sp³-hybridized carbons (Fsp3) is 0.833. The van der Waals surface area contributed by atoms with Crippen LogP contribution < -0.4 is 5.32 Å². The minimum atomic E-state index is -0.989. The van der Waals surface area contributed by atoms with E-state index in [0.717, 1.165) is 6.42 Å². The summed E-state index contributed by atoms with van der Waals surface area (Å²) in [6.45, 7) is 9.43. The molecule has 1 atom stereocenters. The normalized spacial score (nSPS) is 13.2. The van der Waals surface area contributed by atoms with E-state index < -0.39 is 11.5 Å². The van der Waals surface area contributed by atoms with Gasteiger partial charge in [0.1, 0.15) is 6.54 Å². The smallest absolute Gasteiger partial charge is 0.323 e. The molecule has 5 nitrogen and oxygen atoms in total. The Labute approximate surface area is 103 Å². The van der Waals surface area contributed by atoms with Gasteiger partial charge in [0.15, 0.2) is 0 Å². The number of rotatable bonds is 6. The van der Waals surface area contributed by atoms with Crippen LogP contribution in [0.1, 0.15) is 41.0 Å². The minimum absolute atomic E-state index is 0.180. The second-order valence-electron chi connectivity index (χ2n) is 5.23. The van der Waals surface area contributed by atoms with E-state index in [4.69, 9.17) is 5.11 Å². The minimum Gasteiger partial charge on any atom is -0.480 e. The monoisotopic (exact) mass is 244 g/mol. The third kappa shape index (κ3) is 6.26. The Kier molecular flexibility index (Phi) is 6.16. The molecular weight excluding hydrogens is 220 g/mol. The van der Waals surface area contributed by atoms with Crippen molar-refractivity contribution in [1.29, 1.82) is 0 Å². The summed E-state index contributed by atoms with van der Waals surface area (Å²) in [6, 6.07) is 0.255. The number of amides is 1. The molecule has 5 heteroatoms. The quantitative estimate of drug-likeness (QED) is 0.733. The first-order valence-corrected chi connectivity index (χ1v) is 5.94. The Morgan fingerprint density at radius 1 is 1.35 bits per heavy atom. The number of carbonyl (C=O) groups excluding carboxylic acids is 1. The third-order valence-electron chi connectivity index (χ3n) is 2.62. The van der Waals surface area contributed by atoms with E-state index in [1.54, 1.807) is 0 Å². The number of carboxylic acids is 1. The Balaban J connectivity index is 4.49. The van der Waals surface area contributed by atoms with Crippen LogP contribution >= 0.6 is 0 Å². The molecule has 0 fully saturated rings. The van der Waals surface area contributed by atoms with Crippen LogP contribution in [0.25, 0.3) is 0 Å². The summed E-state index contributed by atoms with van der Waals surface area (Å²) < 4.78 is 0. The van der Waals surface area contributed by atoms with Gasteiger partial charge in [-0.15, -0.1) is 0 Å². The average molecular weight is 244 g/mol. The van der Waals surface area contributed by atoms with E-state index in [9.17, 15) is 9.59 Å². The fourth-order valence-electron chi connectivity index (χ4n) is 1.34. The summed E-state index contributed by atoms with van der Waals surface area (Å²) in [5.74, 6) is -1.17. The fourth-order valence-corrected chi connectivity index (χ4v) is 1.34. The highest BCUT2D eigenvalue weighted by Gasteiger charge is 2.28. The summed E-state index contributed by atoms with van der Waals surface area (Å²) in [5.41, 5.74) is -0.480. The van der Waals surface area contributed by atoms with Crippen molar-refractivity contribution in [2.75, 3.05) is 13.1 Å². The topological polar surface area (TPSA) is 69.6 Å². The van der Waals surface area contributed by atoms with Crippen LogP contribution in [0.15, 0.2) is 0 Å². The Morgan fingerprint density at radius 3 is 2.24 bits per heavy atom. The van der Waals surface area contributed by atoms with Crippen LogP contribution in [0.4, 0.5) is 0 Å². The maximum Gasteiger partial charge on any atom is 0.323 e. The molecule has 0 rings (SSSR count). The van der Waals surface area contributed by atoms with Gasteiger partial charge in [0, 0.05) is 11.6 Å². The van der Waals surface area contributed by atoms with Crippen molar-refractivity contribution in [3.63, 3.8) is 0 Å². The molecule has 0 aromatic heterocycles. The highest BCUT2D eigenvalue weighted by molar-refractivity contribution is 5.83. The maximum atomic E-state index is 11.9. The molecule has 2 N–H and O–H groups in total. The number of carboxylic acid groups (broad SMARTS) is 1. The van der Waals surface area contributed by atoms with Crippen LogP contribution in [0.3, 0.4) is 0 Å². The van der Waals surface area contributed by atoms with Crippen LogP contribution in [-0.4, -0.2) is 46.6 Å². The first kappa shape index (κ1) is 15.9. The largest absolute Gasteiger partial charge is 0.480 e. The molecule has 0 aliphatic carbocycles. The van der Waals surface area contributed by atoms with Crippen molar-refractivity contribution >= 4 is 11.9 Å². The Bertz CT molecular complexity index is 271. The number of hydrogen-bond acceptors (Lipinski definition) is 3. The summed E-state index contributed by atoms with van der Waals surface area (Å²) in [6.07, 6.45) is 0.932. The molecule has 0 aliphatic rings. The zero-order chi connectivity index (χ0) is 13.6. The van der Waals surface area contributed by atoms with Gasteiger partial charge in [-0.3, -0.25) is 9.59 Å². The average Bonchev–Trinajstić information content (AvgIpc) is 2.20. The second kappa shape index (κ2) is 6.59. The zero-order valence-corrected chi connectivity index (χ0v) is 11.4. The van der Waals surface area contributed by atoms with Crippen molar-refractivity contribution in [1.82, 2.24) is 10.2 Å². The maximum absolute atomic E-state index is 11.9. The van der Waals surface area contributed by atoms with E-state index in [2.05, 4.69) is 5.32 Å². The molecule has 100 valence electrons. The van der Waals surface area contributed by atoms with Crippen molar-refractivity contribution < 1.29 is 14.7 Å². The number of nitrogens with one attached hydrogen (secondary N) is 1. The van der Waals surface area contributed by atoms with E-state index in [1.807, 2.05) is 34.6 Å². The molecule has 0 bridgehead atoms. The first-order chi connectivity index (χ1) is 7.68. The molecule has 0 saturated heterocycles. The molecule has 0 radical (unpaired) electrons. The number of nitrogens with zero attached hydrogens (tertiary/aromatic N) is 1. The van der Waals surface area contributed by atoms with Gasteiger partial charge >= 0.3 is 5.97 Å². The van der Waals surface area contributed by atoms with Crippen LogP contribution in [0, 0.1) is 0 Å². The van der Waals surface area contributed by atoms with Gasteiger partial charge in [0.05, 0.1) is 6.54 Å². The Morgan fingerprint density at radius 2 is 1.88 bits per heavy atom. The van der Waals surface area contributed by atoms with E-state index >= 15 is 0 Å². The predicted molar refractivity (Wildman–Crippen MR) is 66.9 cm³/mol. The molecule has 1 unspecified atom stereocenters. The van der Waals surface area contributed by atoms with Gasteiger partial charge in [-0.25, -0.2) is 0 Å². The highest BCUT2D eigenvalue weighted by Crippen LogP contribution is 2.12. The molecule has 17 heavy (non-hydrogen) atoms. The van der Waals surface area contributed by atoms with Crippen LogP contribution in [0.2, 0.25) is 0 Å². The second-order valence-corrected chi connectivity index (χ2v) is 5.23. The number of carbonyl (C=O) groups is 2. The standard InChI is InChI=1S/C12H24N2O3/c1-6-9(2)13-7-10(15)14(8-11(16)17)12(3,4)5/h9,13H,6-8H2,1-5H3,(H,16,17). The Hall–Kier alpha value is -1.10. The summed E-state index contributed by atoms with van der Waals surface area (Å²) in [7, 11) is 0.